The fourth-order valence-electron chi connectivity index (χ4n) is 2.71. The second-order valence-corrected chi connectivity index (χ2v) is 5.47. The number of aliphatic hydroxyl groups excluding tert-OH is 1. The van der Waals surface area contributed by atoms with Gasteiger partial charge in [0.1, 0.15) is 5.82 Å². The summed E-state index contributed by atoms with van der Waals surface area (Å²) in [6.07, 6.45) is 4.30. The van der Waals surface area contributed by atoms with Crippen molar-refractivity contribution in [2.75, 3.05) is 11.4 Å². The Kier molecular flexibility index (Phi) is 3.80. The van der Waals surface area contributed by atoms with Crippen LogP contribution >= 0.6 is 0 Å². The molecule has 4 nitrogen and oxygen atoms in total. The van der Waals surface area contributed by atoms with E-state index in [4.69, 9.17) is 0 Å². The molecule has 0 amide bonds. The molecule has 0 atom stereocenters. The Morgan fingerprint density at radius 3 is 2.67 bits per heavy atom. The number of aryl methyl sites for hydroxylation is 1. The molecule has 21 heavy (non-hydrogen) atoms. The summed E-state index contributed by atoms with van der Waals surface area (Å²) in [5.41, 5.74) is 2.81. The van der Waals surface area contributed by atoms with Crippen molar-refractivity contribution in [1.29, 1.82) is 0 Å². The van der Waals surface area contributed by atoms with E-state index >= 15 is 0 Å². The van der Waals surface area contributed by atoms with E-state index in [2.05, 4.69) is 16.6 Å². The highest BCUT2D eigenvalue weighted by atomic mass is 16.3. The highest BCUT2D eigenvalue weighted by Gasteiger charge is 2.33. The molecule has 0 saturated heterocycles. The Bertz CT molecular complexity index is 629. The third-order valence-corrected chi connectivity index (χ3v) is 3.90. The lowest BCUT2D eigenvalue weighted by Gasteiger charge is -2.25. The summed E-state index contributed by atoms with van der Waals surface area (Å²) < 4.78 is 1.95. The van der Waals surface area contributed by atoms with Gasteiger partial charge in [0.2, 0.25) is 0 Å². The predicted molar refractivity (Wildman–Crippen MR) is 84.8 cm³/mol. The number of hydrogen-bond donors (Lipinski definition) is 1. The zero-order valence-corrected chi connectivity index (χ0v) is 12.4. The molecule has 1 aliphatic carbocycles. The molecule has 0 spiro atoms. The third kappa shape index (κ3) is 2.59. The first kappa shape index (κ1) is 13.9. The third-order valence-electron chi connectivity index (χ3n) is 3.90. The van der Waals surface area contributed by atoms with Gasteiger partial charge in [-0.3, -0.25) is 0 Å². The van der Waals surface area contributed by atoms with Gasteiger partial charge in [-0.05, 0) is 31.9 Å². The van der Waals surface area contributed by atoms with E-state index in [0.717, 1.165) is 29.3 Å². The van der Waals surface area contributed by atoms with Gasteiger partial charge in [0, 0.05) is 18.2 Å². The quantitative estimate of drug-likeness (QED) is 0.829. The molecular weight excluding hydrogens is 262 g/mol. The van der Waals surface area contributed by atoms with Crippen LogP contribution in [0.3, 0.4) is 0 Å². The van der Waals surface area contributed by atoms with Gasteiger partial charge < -0.3 is 10.0 Å². The number of hydrogen-bond acceptors (Lipinski definition) is 3. The Hall–Kier alpha value is -2.07. The van der Waals surface area contributed by atoms with Gasteiger partial charge >= 0.3 is 0 Å². The minimum absolute atomic E-state index is 0.00830. The van der Waals surface area contributed by atoms with Crippen LogP contribution in [0.5, 0.6) is 0 Å². The zero-order valence-electron chi connectivity index (χ0n) is 12.4. The van der Waals surface area contributed by atoms with E-state index < -0.39 is 0 Å². The molecule has 1 aromatic carbocycles. The van der Waals surface area contributed by atoms with Crippen LogP contribution in [0.4, 0.5) is 5.82 Å². The second kappa shape index (κ2) is 5.74. The molecular formula is C17H21N3O. The van der Waals surface area contributed by atoms with Crippen molar-refractivity contribution >= 4 is 5.82 Å². The first-order valence-corrected chi connectivity index (χ1v) is 7.38. The Balaban J connectivity index is 2.13. The topological polar surface area (TPSA) is 41.3 Å². The van der Waals surface area contributed by atoms with Crippen LogP contribution in [-0.4, -0.2) is 27.5 Å². The molecule has 1 N–H and O–H groups in total. The molecule has 0 radical (unpaired) electrons. The molecule has 0 aliphatic heterocycles. The summed E-state index contributed by atoms with van der Waals surface area (Å²) in [5, 5.41) is 14.4. The molecule has 1 aliphatic rings. The number of rotatable bonds is 6. The maximum absolute atomic E-state index is 9.77. The van der Waals surface area contributed by atoms with Crippen molar-refractivity contribution in [2.45, 2.75) is 32.4 Å². The van der Waals surface area contributed by atoms with Gasteiger partial charge in [-0.1, -0.05) is 24.3 Å². The maximum atomic E-state index is 9.77. The number of para-hydroxylation sites is 1. The van der Waals surface area contributed by atoms with Crippen LogP contribution in [-0.2, 0) is 6.61 Å². The molecule has 4 heteroatoms. The van der Waals surface area contributed by atoms with Crippen molar-refractivity contribution in [3.8, 4) is 5.69 Å². The standard InChI is InChI=1S/C17H21N3O/c1-3-11-19(14-9-10-14)17-16(12-21)13(2)18-20(17)15-7-5-4-6-8-15/h3-8,14,21H,1,9-12H2,2H3. The highest BCUT2D eigenvalue weighted by Crippen LogP contribution is 2.36. The van der Waals surface area contributed by atoms with Crippen molar-refractivity contribution in [3.63, 3.8) is 0 Å². The first-order valence-electron chi connectivity index (χ1n) is 7.38. The molecule has 1 fully saturated rings. The molecule has 0 unspecified atom stereocenters. The van der Waals surface area contributed by atoms with Crippen LogP contribution in [0, 0.1) is 6.92 Å². The minimum atomic E-state index is 0.00830. The molecule has 1 aromatic heterocycles. The van der Waals surface area contributed by atoms with Crippen molar-refractivity contribution in [3.05, 3.63) is 54.2 Å². The highest BCUT2D eigenvalue weighted by molar-refractivity contribution is 5.57. The summed E-state index contributed by atoms with van der Waals surface area (Å²) in [6, 6.07) is 10.6. The van der Waals surface area contributed by atoms with Gasteiger partial charge in [0.05, 0.1) is 18.0 Å². The monoisotopic (exact) mass is 283 g/mol. The summed E-state index contributed by atoms with van der Waals surface area (Å²) >= 11 is 0. The van der Waals surface area contributed by atoms with Crippen LogP contribution in [0.2, 0.25) is 0 Å². The fourth-order valence-corrected chi connectivity index (χ4v) is 2.71. The Morgan fingerprint density at radius 2 is 2.10 bits per heavy atom. The van der Waals surface area contributed by atoms with Gasteiger partial charge in [-0.25, -0.2) is 4.68 Å². The molecule has 1 heterocycles. The van der Waals surface area contributed by atoms with Crippen LogP contribution in [0.25, 0.3) is 5.69 Å². The lowest BCUT2D eigenvalue weighted by atomic mass is 10.2. The van der Waals surface area contributed by atoms with E-state index in [9.17, 15) is 5.11 Å². The first-order chi connectivity index (χ1) is 10.3. The largest absolute Gasteiger partial charge is 0.391 e. The van der Waals surface area contributed by atoms with Gasteiger partial charge in [0.25, 0.3) is 0 Å². The van der Waals surface area contributed by atoms with Crippen LogP contribution < -0.4 is 4.90 Å². The smallest absolute Gasteiger partial charge is 0.138 e. The Morgan fingerprint density at radius 1 is 1.38 bits per heavy atom. The maximum Gasteiger partial charge on any atom is 0.138 e. The van der Waals surface area contributed by atoms with Gasteiger partial charge in [-0.15, -0.1) is 6.58 Å². The van der Waals surface area contributed by atoms with Crippen molar-refractivity contribution < 1.29 is 5.11 Å². The average Bonchev–Trinajstić information content (AvgIpc) is 3.29. The SMILES string of the molecule is C=CCN(c1c(CO)c(C)nn1-c1ccccc1)C1CC1. The van der Waals surface area contributed by atoms with Crippen molar-refractivity contribution in [2.24, 2.45) is 0 Å². The molecule has 1 saturated carbocycles. The summed E-state index contributed by atoms with van der Waals surface area (Å²) in [6.45, 7) is 6.60. The summed E-state index contributed by atoms with van der Waals surface area (Å²) in [5.74, 6) is 1.00. The number of aliphatic hydroxyl groups is 1. The fraction of sp³-hybridized carbons (Fsp3) is 0.353. The normalized spacial score (nSPS) is 14.2. The van der Waals surface area contributed by atoms with Gasteiger partial charge in [0.15, 0.2) is 0 Å². The number of benzene rings is 1. The second-order valence-electron chi connectivity index (χ2n) is 5.47. The summed E-state index contributed by atoms with van der Waals surface area (Å²) in [7, 11) is 0. The van der Waals surface area contributed by atoms with Crippen LogP contribution in [0.1, 0.15) is 24.1 Å². The lowest BCUT2D eigenvalue weighted by Crippen LogP contribution is -2.29. The van der Waals surface area contributed by atoms with Crippen molar-refractivity contribution in [1.82, 2.24) is 9.78 Å². The van der Waals surface area contributed by atoms with E-state index in [1.54, 1.807) is 0 Å². The minimum Gasteiger partial charge on any atom is -0.391 e. The zero-order chi connectivity index (χ0) is 14.8. The number of nitrogens with zero attached hydrogens (tertiary/aromatic N) is 3. The predicted octanol–water partition coefficient (Wildman–Crippen LogP) is 2.83. The van der Waals surface area contributed by atoms with Gasteiger partial charge in [-0.2, -0.15) is 5.10 Å². The van der Waals surface area contributed by atoms with E-state index in [1.807, 2.05) is 48.0 Å². The van der Waals surface area contributed by atoms with E-state index in [1.165, 1.54) is 12.8 Å². The Labute approximate surface area is 125 Å². The van der Waals surface area contributed by atoms with E-state index in [-0.39, 0.29) is 6.61 Å². The number of aromatic nitrogens is 2. The van der Waals surface area contributed by atoms with E-state index in [0.29, 0.717) is 6.04 Å². The molecule has 0 bridgehead atoms. The average molecular weight is 283 g/mol. The lowest BCUT2D eigenvalue weighted by molar-refractivity contribution is 0.281. The molecule has 3 rings (SSSR count). The molecule has 110 valence electrons. The summed E-state index contributed by atoms with van der Waals surface area (Å²) in [4.78, 5) is 2.31. The van der Waals surface area contributed by atoms with Crippen LogP contribution in [0.15, 0.2) is 43.0 Å². The number of anilines is 1. The molecule has 2 aromatic rings.